The first kappa shape index (κ1) is 13.2. The Kier molecular flexibility index (Phi) is 4.54. The van der Waals surface area contributed by atoms with Crippen molar-refractivity contribution in [2.45, 2.75) is 39.9 Å². The molecule has 0 aliphatic carbocycles. The van der Waals surface area contributed by atoms with Crippen LogP contribution in [0.1, 0.15) is 27.7 Å². The lowest BCUT2D eigenvalue weighted by atomic mass is 9.77. The van der Waals surface area contributed by atoms with Gasteiger partial charge in [0.05, 0.1) is 6.10 Å². The molecular weight excluding hydrogens is 204 g/mol. The quantitative estimate of drug-likeness (QED) is 0.547. The smallest absolute Gasteiger partial charge is 0.335 e. The fraction of sp³-hybridized carbons (Fsp3) is 0.769. The summed E-state index contributed by atoms with van der Waals surface area (Å²) < 4.78 is 10.8. The van der Waals surface area contributed by atoms with Gasteiger partial charge in [-0.1, -0.05) is 33.4 Å². The Morgan fingerprint density at radius 2 is 1.88 bits per heavy atom. The van der Waals surface area contributed by atoms with Crippen molar-refractivity contribution >= 4 is 5.97 Å². The summed E-state index contributed by atoms with van der Waals surface area (Å²) in [4.78, 5) is 11.8. The fourth-order valence-corrected chi connectivity index (χ4v) is 2.15. The van der Waals surface area contributed by atoms with Gasteiger partial charge < -0.3 is 9.47 Å². The van der Waals surface area contributed by atoms with Crippen molar-refractivity contribution in [2.24, 2.45) is 17.8 Å². The molecule has 3 heteroatoms. The van der Waals surface area contributed by atoms with E-state index < -0.39 is 6.10 Å². The second-order valence-corrected chi connectivity index (χ2v) is 4.76. The van der Waals surface area contributed by atoms with E-state index in [0.29, 0.717) is 11.8 Å². The number of carbonyl (C=O) groups is 1. The Morgan fingerprint density at radius 3 is 2.44 bits per heavy atom. The molecular formula is C13H22O3. The van der Waals surface area contributed by atoms with E-state index in [1.54, 1.807) is 6.08 Å². The standard InChI is InChI=1S/C13H22O3/c1-6-7-15-13(14)12-10(4)8(2)9(3)11(5)16-12/h6,8-12H,1,7H2,2-5H3/t8-,9?,10-,11+,12?/m1/s1. The summed E-state index contributed by atoms with van der Waals surface area (Å²) in [6.45, 7) is 12.2. The van der Waals surface area contributed by atoms with Crippen LogP contribution in [0.2, 0.25) is 0 Å². The zero-order chi connectivity index (χ0) is 12.3. The van der Waals surface area contributed by atoms with Crippen molar-refractivity contribution in [1.29, 1.82) is 0 Å². The Morgan fingerprint density at radius 1 is 1.25 bits per heavy atom. The van der Waals surface area contributed by atoms with E-state index in [2.05, 4.69) is 20.4 Å². The molecule has 0 aromatic carbocycles. The van der Waals surface area contributed by atoms with Crippen molar-refractivity contribution in [2.75, 3.05) is 6.61 Å². The maximum Gasteiger partial charge on any atom is 0.335 e. The second kappa shape index (κ2) is 5.48. The minimum atomic E-state index is -0.429. The monoisotopic (exact) mass is 226 g/mol. The lowest BCUT2D eigenvalue weighted by molar-refractivity contribution is -0.180. The first-order valence-electron chi connectivity index (χ1n) is 5.92. The van der Waals surface area contributed by atoms with E-state index in [9.17, 15) is 4.79 Å². The van der Waals surface area contributed by atoms with Crippen LogP contribution in [0.3, 0.4) is 0 Å². The molecule has 5 atom stereocenters. The summed E-state index contributed by atoms with van der Waals surface area (Å²) in [6, 6.07) is 0. The summed E-state index contributed by atoms with van der Waals surface area (Å²) in [5.41, 5.74) is 0. The van der Waals surface area contributed by atoms with Gasteiger partial charge in [0.25, 0.3) is 0 Å². The third-order valence-electron chi connectivity index (χ3n) is 3.81. The third kappa shape index (κ3) is 2.64. The predicted octanol–water partition coefficient (Wildman–Crippen LogP) is 2.41. The highest BCUT2D eigenvalue weighted by molar-refractivity contribution is 5.75. The molecule has 1 heterocycles. The first-order chi connectivity index (χ1) is 7.49. The molecule has 0 aromatic rings. The molecule has 0 N–H and O–H groups in total. The lowest BCUT2D eigenvalue weighted by Gasteiger charge is -2.41. The average molecular weight is 226 g/mol. The lowest BCUT2D eigenvalue weighted by Crippen LogP contribution is -2.47. The van der Waals surface area contributed by atoms with Gasteiger partial charge in [-0.25, -0.2) is 4.79 Å². The maximum absolute atomic E-state index is 11.8. The molecule has 1 aliphatic rings. The minimum Gasteiger partial charge on any atom is -0.460 e. The van der Waals surface area contributed by atoms with Gasteiger partial charge in [0, 0.05) is 0 Å². The Labute approximate surface area is 97.8 Å². The van der Waals surface area contributed by atoms with E-state index in [1.807, 2.05) is 13.8 Å². The van der Waals surface area contributed by atoms with E-state index >= 15 is 0 Å². The Balaban J connectivity index is 2.66. The Hall–Kier alpha value is -0.830. The van der Waals surface area contributed by atoms with Gasteiger partial charge in [0.1, 0.15) is 6.61 Å². The third-order valence-corrected chi connectivity index (χ3v) is 3.81. The van der Waals surface area contributed by atoms with Crippen LogP contribution in [0.15, 0.2) is 12.7 Å². The Bertz CT molecular complexity index is 262. The molecule has 2 unspecified atom stereocenters. The van der Waals surface area contributed by atoms with Gasteiger partial charge in [-0.2, -0.15) is 0 Å². The van der Waals surface area contributed by atoms with Gasteiger partial charge in [-0.15, -0.1) is 0 Å². The van der Waals surface area contributed by atoms with E-state index in [4.69, 9.17) is 9.47 Å². The normalized spacial score (nSPS) is 39.1. The van der Waals surface area contributed by atoms with Crippen LogP contribution in [0, 0.1) is 17.8 Å². The van der Waals surface area contributed by atoms with Gasteiger partial charge in [0.15, 0.2) is 6.10 Å². The number of carbonyl (C=O) groups excluding carboxylic acids is 1. The molecule has 1 saturated heterocycles. The highest BCUT2D eigenvalue weighted by Crippen LogP contribution is 2.35. The molecule has 1 rings (SSSR count). The van der Waals surface area contributed by atoms with Crippen LogP contribution < -0.4 is 0 Å². The minimum absolute atomic E-state index is 0.104. The zero-order valence-corrected chi connectivity index (χ0v) is 10.6. The molecule has 0 bridgehead atoms. The maximum atomic E-state index is 11.8. The van der Waals surface area contributed by atoms with Gasteiger partial charge in [-0.3, -0.25) is 0 Å². The topological polar surface area (TPSA) is 35.5 Å². The van der Waals surface area contributed by atoms with E-state index in [0.717, 1.165) is 0 Å². The molecule has 3 nitrogen and oxygen atoms in total. The van der Waals surface area contributed by atoms with Crippen molar-refractivity contribution < 1.29 is 14.3 Å². The summed E-state index contributed by atoms with van der Waals surface area (Å²) in [7, 11) is 0. The number of rotatable bonds is 3. The van der Waals surface area contributed by atoms with Crippen LogP contribution in [0.25, 0.3) is 0 Å². The highest BCUT2D eigenvalue weighted by Gasteiger charge is 2.41. The number of hydrogen-bond acceptors (Lipinski definition) is 3. The van der Waals surface area contributed by atoms with Crippen LogP contribution in [-0.2, 0) is 14.3 Å². The largest absolute Gasteiger partial charge is 0.460 e. The number of esters is 1. The molecule has 0 saturated carbocycles. The van der Waals surface area contributed by atoms with Crippen LogP contribution in [0.5, 0.6) is 0 Å². The van der Waals surface area contributed by atoms with Crippen molar-refractivity contribution in [3.05, 3.63) is 12.7 Å². The van der Waals surface area contributed by atoms with Crippen molar-refractivity contribution in [1.82, 2.24) is 0 Å². The highest BCUT2D eigenvalue weighted by atomic mass is 16.6. The summed E-state index contributed by atoms with van der Waals surface area (Å²) >= 11 is 0. The van der Waals surface area contributed by atoms with Gasteiger partial charge in [-0.05, 0) is 24.7 Å². The van der Waals surface area contributed by atoms with Gasteiger partial charge in [0.2, 0.25) is 0 Å². The van der Waals surface area contributed by atoms with Crippen LogP contribution in [-0.4, -0.2) is 24.8 Å². The molecule has 0 amide bonds. The summed E-state index contributed by atoms with van der Waals surface area (Å²) in [5, 5.41) is 0. The molecule has 1 aliphatic heterocycles. The molecule has 0 aromatic heterocycles. The van der Waals surface area contributed by atoms with Gasteiger partial charge >= 0.3 is 5.97 Å². The summed E-state index contributed by atoms with van der Waals surface area (Å²) in [6.07, 6.45) is 1.24. The summed E-state index contributed by atoms with van der Waals surface area (Å²) in [5.74, 6) is 0.866. The van der Waals surface area contributed by atoms with E-state index in [-0.39, 0.29) is 24.6 Å². The number of hydrogen-bond donors (Lipinski definition) is 0. The molecule has 92 valence electrons. The SMILES string of the molecule is C=CCOC(=O)C1O[C@@H](C)C(C)[C@@H](C)[C@H]1C. The zero-order valence-electron chi connectivity index (χ0n) is 10.6. The molecule has 0 spiro atoms. The second-order valence-electron chi connectivity index (χ2n) is 4.76. The molecule has 1 fully saturated rings. The molecule has 0 radical (unpaired) electrons. The van der Waals surface area contributed by atoms with Crippen molar-refractivity contribution in [3.63, 3.8) is 0 Å². The fourth-order valence-electron chi connectivity index (χ4n) is 2.15. The average Bonchev–Trinajstić information content (AvgIpc) is 2.28. The number of ether oxygens (including phenoxy) is 2. The van der Waals surface area contributed by atoms with Crippen LogP contribution in [0.4, 0.5) is 0 Å². The van der Waals surface area contributed by atoms with E-state index in [1.165, 1.54) is 0 Å². The predicted molar refractivity (Wildman–Crippen MR) is 63.0 cm³/mol. The van der Waals surface area contributed by atoms with Crippen molar-refractivity contribution in [3.8, 4) is 0 Å². The molecule has 16 heavy (non-hydrogen) atoms. The van der Waals surface area contributed by atoms with Crippen LogP contribution >= 0.6 is 0 Å². The first-order valence-corrected chi connectivity index (χ1v) is 5.92.